The van der Waals surface area contributed by atoms with Gasteiger partial charge in [0, 0.05) is 23.0 Å². The molecule has 0 saturated carbocycles. The Bertz CT molecular complexity index is 1040. The summed E-state index contributed by atoms with van der Waals surface area (Å²) >= 11 is 1.17. The standard InChI is InChI=1S/C17H18N2O3S2/c1-11-8-12(2)14-10-13(17(20)19-15(14)9-11)5-6-18-24(21,22)16-4-3-7-23-16/h3-4,7-10,18H,5-6H2,1-2H3,(H,19,20). The van der Waals surface area contributed by atoms with Crippen LogP contribution in [0.15, 0.2) is 44.7 Å². The molecule has 24 heavy (non-hydrogen) atoms. The fourth-order valence-corrected chi connectivity index (χ4v) is 4.78. The lowest BCUT2D eigenvalue weighted by Crippen LogP contribution is -2.27. The normalized spacial score (nSPS) is 11.9. The maximum atomic E-state index is 12.2. The average molecular weight is 362 g/mol. The first-order valence-electron chi connectivity index (χ1n) is 7.53. The Balaban J connectivity index is 1.81. The van der Waals surface area contributed by atoms with E-state index in [1.807, 2.05) is 26.0 Å². The number of thiophene rings is 1. The lowest BCUT2D eigenvalue weighted by atomic mass is 10.0. The van der Waals surface area contributed by atoms with E-state index < -0.39 is 10.0 Å². The third kappa shape index (κ3) is 3.43. The largest absolute Gasteiger partial charge is 0.322 e. The van der Waals surface area contributed by atoms with Crippen LogP contribution in [0, 0.1) is 13.8 Å². The van der Waals surface area contributed by atoms with Gasteiger partial charge < -0.3 is 4.98 Å². The van der Waals surface area contributed by atoms with E-state index in [2.05, 4.69) is 15.8 Å². The Morgan fingerprint density at radius 3 is 2.71 bits per heavy atom. The van der Waals surface area contributed by atoms with Crippen molar-refractivity contribution in [2.45, 2.75) is 24.5 Å². The Hall–Kier alpha value is -1.96. The van der Waals surface area contributed by atoms with Crippen molar-refractivity contribution in [3.05, 3.63) is 62.8 Å². The molecule has 0 saturated heterocycles. The highest BCUT2D eigenvalue weighted by atomic mass is 32.2. The van der Waals surface area contributed by atoms with Crippen molar-refractivity contribution in [1.82, 2.24) is 9.71 Å². The zero-order valence-corrected chi connectivity index (χ0v) is 15.1. The van der Waals surface area contributed by atoms with Crippen molar-refractivity contribution in [1.29, 1.82) is 0 Å². The third-order valence-corrected chi connectivity index (χ3v) is 6.69. The number of pyridine rings is 1. The van der Waals surface area contributed by atoms with Crippen LogP contribution in [-0.2, 0) is 16.4 Å². The van der Waals surface area contributed by atoms with Crippen LogP contribution in [0.1, 0.15) is 16.7 Å². The summed E-state index contributed by atoms with van der Waals surface area (Å²) in [5.74, 6) is 0. The minimum Gasteiger partial charge on any atom is -0.322 e. The maximum Gasteiger partial charge on any atom is 0.251 e. The predicted molar refractivity (Wildman–Crippen MR) is 97.3 cm³/mol. The van der Waals surface area contributed by atoms with Crippen LogP contribution in [0.3, 0.4) is 0 Å². The second kappa shape index (κ2) is 6.51. The maximum absolute atomic E-state index is 12.2. The minimum atomic E-state index is -3.50. The summed E-state index contributed by atoms with van der Waals surface area (Å²) < 4.78 is 27.0. The van der Waals surface area contributed by atoms with Gasteiger partial charge in [-0.05, 0) is 55.0 Å². The molecule has 0 unspecified atom stereocenters. The zero-order valence-electron chi connectivity index (χ0n) is 13.4. The SMILES string of the molecule is Cc1cc(C)c2cc(CCNS(=O)(=O)c3cccs3)c(=O)[nH]c2c1. The number of aromatic nitrogens is 1. The Morgan fingerprint density at radius 2 is 2.00 bits per heavy atom. The van der Waals surface area contributed by atoms with E-state index in [1.54, 1.807) is 17.5 Å². The van der Waals surface area contributed by atoms with Gasteiger partial charge in [-0.3, -0.25) is 4.79 Å². The summed E-state index contributed by atoms with van der Waals surface area (Å²) in [5, 5.41) is 2.70. The van der Waals surface area contributed by atoms with Crippen LogP contribution >= 0.6 is 11.3 Å². The Morgan fingerprint density at radius 1 is 1.21 bits per heavy atom. The average Bonchev–Trinajstić information content (AvgIpc) is 3.03. The molecule has 126 valence electrons. The van der Waals surface area contributed by atoms with Gasteiger partial charge in [0.15, 0.2) is 0 Å². The minimum absolute atomic E-state index is 0.178. The molecular formula is C17H18N2O3S2. The molecule has 0 fully saturated rings. The predicted octanol–water partition coefficient (Wildman–Crippen LogP) is 2.73. The van der Waals surface area contributed by atoms with Crippen molar-refractivity contribution in [2.24, 2.45) is 0 Å². The molecule has 2 heterocycles. The van der Waals surface area contributed by atoms with Crippen LogP contribution in [0.2, 0.25) is 0 Å². The number of nitrogens with one attached hydrogen (secondary N) is 2. The highest BCUT2D eigenvalue weighted by Gasteiger charge is 2.14. The van der Waals surface area contributed by atoms with E-state index in [4.69, 9.17) is 0 Å². The number of fused-ring (bicyclic) bond motifs is 1. The third-order valence-electron chi connectivity index (χ3n) is 3.84. The molecule has 3 aromatic rings. The van der Waals surface area contributed by atoms with Gasteiger partial charge in [-0.15, -0.1) is 11.3 Å². The molecule has 3 rings (SSSR count). The molecule has 0 bridgehead atoms. The summed E-state index contributed by atoms with van der Waals surface area (Å²) in [4.78, 5) is 15.1. The molecular weight excluding hydrogens is 344 g/mol. The second-order valence-corrected chi connectivity index (χ2v) is 8.69. The second-order valence-electron chi connectivity index (χ2n) is 5.75. The van der Waals surface area contributed by atoms with E-state index in [9.17, 15) is 13.2 Å². The molecule has 2 N–H and O–H groups in total. The molecule has 0 spiro atoms. The first kappa shape index (κ1) is 16.9. The fourth-order valence-electron chi connectivity index (χ4n) is 2.71. The Labute approximate surface area is 144 Å². The summed E-state index contributed by atoms with van der Waals surface area (Å²) in [7, 11) is -3.50. The van der Waals surface area contributed by atoms with Gasteiger partial charge in [0.1, 0.15) is 4.21 Å². The number of rotatable bonds is 5. The summed E-state index contributed by atoms with van der Waals surface area (Å²) in [6.07, 6.45) is 0.337. The molecule has 5 nitrogen and oxygen atoms in total. The van der Waals surface area contributed by atoms with Crippen LogP contribution < -0.4 is 10.3 Å². The van der Waals surface area contributed by atoms with Gasteiger partial charge in [-0.25, -0.2) is 13.1 Å². The van der Waals surface area contributed by atoms with Gasteiger partial charge in [-0.1, -0.05) is 12.1 Å². The first-order valence-corrected chi connectivity index (χ1v) is 9.89. The highest BCUT2D eigenvalue weighted by molar-refractivity contribution is 7.91. The monoisotopic (exact) mass is 362 g/mol. The van der Waals surface area contributed by atoms with Crippen molar-refractivity contribution in [2.75, 3.05) is 6.54 Å². The number of H-pyrrole nitrogens is 1. The van der Waals surface area contributed by atoms with Crippen LogP contribution in [-0.4, -0.2) is 19.9 Å². The van der Waals surface area contributed by atoms with Gasteiger partial charge in [-0.2, -0.15) is 0 Å². The van der Waals surface area contributed by atoms with Crippen LogP contribution in [0.4, 0.5) is 0 Å². The molecule has 0 amide bonds. The summed E-state index contributed by atoms with van der Waals surface area (Å²) in [6.45, 7) is 4.16. The quantitative estimate of drug-likeness (QED) is 0.732. The van der Waals surface area contributed by atoms with Gasteiger partial charge in [0.25, 0.3) is 5.56 Å². The van der Waals surface area contributed by atoms with E-state index in [-0.39, 0.29) is 16.3 Å². The number of sulfonamides is 1. The van der Waals surface area contributed by atoms with E-state index in [0.717, 1.165) is 22.0 Å². The molecule has 0 aliphatic rings. The molecule has 0 radical (unpaired) electrons. The van der Waals surface area contributed by atoms with Crippen molar-refractivity contribution in [3.8, 4) is 0 Å². The van der Waals surface area contributed by atoms with E-state index >= 15 is 0 Å². The van der Waals surface area contributed by atoms with E-state index in [1.165, 1.54) is 11.3 Å². The number of hydrogen-bond acceptors (Lipinski definition) is 4. The van der Waals surface area contributed by atoms with Crippen LogP contribution in [0.25, 0.3) is 10.9 Å². The topological polar surface area (TPSA) is 79.0 Å². The lowest BCUT2D eigenvalue weighted by molar-refractivity contribution is 0.583. The van der Waals surface area contributed by atoms with Gasteiger partial charge in [0.2, 0.25) is 10.0 Å². The number of benzene rings is 1. The number of aryl methyl sites for hydroxylation is 2. The molecule has 0 aliphatic carbocycles. The van der Waals surface area contributed by atoms with Crippen molar-refractivity contribution in [3.63, 3.8) is 0 Å². The molecule has 2 aromatic heterocycles. The number of hydrogen-bond donors (Lipinski definition) is 2. The molecule has 0 atom stereocenters. The summed E-state index contributed by atoms with van der Waals surface area (Å²) in [5.41, 5.74) is 3.38. The molecule has 1 aromatic carbocycles. The van der Waals surface area contributed by atoms with Gasteiger partial charge >= 0.3 is 0 Å². The van der Waals surface area contributed by atoms with E-state index in [0.29, 0.717) is 12.0 Å². The van der Waals surface area contributed by atoms with Crippen molar-refractivity contribution >= 4 is 32.3 Å². The fraction of sp³-hybridized carbons (Fsp3) is 0.235. The number of aromatic amines is 1. The highest BCUT2D eigenvalue weighted by Crippen LogP contribution is 2.19. The molecule has 0 aliphatic heterocycles. The molecule has 7 heteroatoms. The smallest absolute Gasteiger partial charge is 0.251 e. The van der Waals surface area contributed by atoms with Crippen LogP contribution in [0.5, 0.6) is 0 Å². The zero-order chi connectivity index (χ0) is 17.3. The summed E-state index contributed by atoms with van der Waals surface area (Å²) in [6, 6.07) is 9.10. The Kier molecular flexibility index (Phi) is 4.58. The first-order chi connectivity index (χ1) is 11.4. The van der Waals surface area contributed by atoms with Crippen molar-refractivity contribution < 1.29 is 8.42 Å². The lowest BCUT2D eigenvalue weighted by Gasteiger charge is -2.08. The van der Waals surface area contributed by atoms with Gasteiger partial charge in [0.05, 0.1) is 0 Å².